The molecule has 0 atom stereocenters. The number of ether oxygens (including phenoxy) is 1. The van der Waals surface area contributed by atoms with Crippen LogP contribution in [0.2, 0.25) is 0 Å². The van der Waals surface area contributed by atoms with E-state index in [4.69, 9.17) is 10.5 Å². The van der Waals surface area contributed by atoms with Crippen LogP contribution in [0, 0.1) is 0 Å². The maximum atomic E-state index is 12.7. The van der Waals surface area contributed by atoms with Crippen molar-refractivity contribution in [2.75, 3.05) is 13.2 Å². The Balaban J connectivity index is 0.00000169. The maximum Gasteiger partial charge on any atom is 0.139 e. The van der Waals surface area contributed by atoms with E-state index in [0.29, 0.717) is 5.75 Å². The highest BCUT2D eigenvalue weighted by atomic mass is 35.5. The second-order valence-corrected chi connectivity index (χ2v) is 2.49. The first kappa shape index (κ1) is 12.9. The van der Waals surface area contributed by atoms with E-state index in [-0.39, 0.29) is 31.4 Å². The van der Waals surface area contributed by atoms with Gasteiger partial charge < -0.3 is 10.5 Å². The highest BCUT2D eigenvalue weighted by Gasteiger charge is 1.95. The Morgan fingerprint density at radius 2 is 2.00 bits per heavy atom. The Labute approximate surface area is 89.0 Å². The zero-order valence-electron chi connectivity index (χ0n) is 7.65. The Morgan fingerprint density at radius 1 is 1.36 bits per heavy atom. The van der Waals surface area contributed by atoms with Crippen LogP contribution in [0.15, 0.2) is 42.2 Å². The van der Waals surface area contributed by atoms with E-state index in [1.54, 1.807) is 12.1 Å². The molecule has 4 heteroatoms. The van der Waals surface area contributed by atoms with Crippen molar-refractivity contribution in [1.82, 2.24) is 0 Å². The lowest BCUT2D eigenvalue weighted by atomic mass is 10.3. The molecule has 0 spiro atoms. The van der Waals surface area contributed by atoms with Crippen LogP contribution in [0.4, 0.5) is 4.39 Å². The predicted octanol–water partition coefficient (Wildman–Crippen LogP) is 2.30. The van der Waals surface area contributed by atoms with Crippen molar-refractivity contribution in [3.63, 3.8) is 0 Å². The molecule has 1 aromatic rings. The third-order valence-electron chi connectivity index (χ3n) is 1.46. The van der Waals surface area contributed by atoms with Crippen molar-refractivity contribution in [1.29, 1.82) is 0 Å². The Hall–Kier alpha value is -1.06. The lowest BCUT2D eigenvalue weighted by molar-refractivity contribution is 0.318. The quantitative estimate of drug-likeness (QED) is 0.840. The summed E-state index contributed by atoms with van der Waals surface area (Å²) in [5, 5.41) is 0. The van der Waals surface area contributed by atoms with Crippen LogP contribution in [-0.2, 0) is 0 Å². The fourth-order valence-corrected chi connectivity index (χ4v) is 0.856. The first-order chi connectivity index (χ1) is 6.33. The summed E-state index contributed by atoms with van der Waals surface area (Å²) in [7, 11) is 0. The SMILES string of the molecule is Cl.NCC=C(F)COc1ccccc1. The van der Waals surface area contributed by atoms with E-state index in [9.17, 15) is 4.39 Å². The van der Waals surface area contributed by atoms with E-state index in [1.165, 1.54) is 6.08 Å². The van der Waals surface area contributed by atoms with Gasteiger partial charge in [0.05, 0.1) is 0 Å². The molecule has 0 fully saturated rings. The molecule has 0 amide bonds. The van der Waals surface area contributed by atoms with Gasteiger partial charge in [-0.15, -0.1) is 12.4 Å². The van der Waals surface area contributed by atoms with Crippen molar-refractivity contribution < 1.29 is 9.13 Å². The number of nitrogens with two attached hydrogens (primary N) is 1. The summed E-state index contributed by atoms with van der Waals surface area (Å²) in [6.07, 6.45) is 1.29. The lowest BCUT2D eigenvalue weighted by Crippen LogP contribution is -2.01. The van der Waals surface area contributed by atoms with Gasteiger partial charge in [0.1, 0.15) is 18.2 Å². The fourth-order valence-electron chi connectivity index (χ4n) is 0.856. The minimum atomic E-state index is -0.341. The summed E-state index contributed by atoms with van der Waals surface area (Å²) < 4.78 is 17.9. The van der Waals surface area contributed by atoms with Crippen LogP contribution in [0.1, 0.15) is 0 Å². The molecule has 0 bridgehead atoms. The topological polar surface area (TPSA) is 35.2 Å². The fraction of sp³-hybridized carbons (Fsp3) is 0.200. The lowest BCUT2D eigenvalue weighted by Gasteiger charge is -2.03. The number of para-hydroxylation sites is 1. The standard InChI is InChI=1S/C10H12FNO.ClH/c11-9(6-7-12)8-13-10-4-2-1-3-5-10;/h1-6H,7-8,12H2;1H. The van der Waals surface area contributed by atoms with Crippen molar-refractivity contribution in [3.05, 3.63) is 42.2 Å². The number of hydrogen-bond acceptors (Lipinski definition) is 2. The molecule has 1 aromatic carbocycles. The van der Waals surface area contributed by atoms with Crippen LogP contribution in [0.5, 0.6) is 5.75 Å². The van der Waals surface area contributed by atoms with Gasteiger partial charge >= 0.3 is 0 Å². The van der Waals surface area contributed by atoms with E-state index >= 15 is 0 Å². The first-order valence-corrected chi connectivity index (χ1v) is 4.05. The summed E-state index contributed by atoms with van der Waals surface area (Å²) in [5.74, 6) is 0.314. The van der Waals surface area contributed by atoms with Gasteiger partial charge in [-0.3, -0.25) is 0 Å². The number of rotatable bonds is 4. The second kappa shape index (κ2) is 7.35. The van der Waals surface area contributed by atoms with Crippen LogP contribution in [-0.4, -0.2) is 13.2 Å². The number of hydrogen-bond donors (Lipinski definition) is 1. The van der Waals surface area contributed by atoms with Crippen molar-refractivity contribution in [2.45, 2.75) is 0 Å². The predicted molar refractivity (Wildman–Crippen MR) is 57.4 cm³/mol. The molecule has 2 nitrogen and oxygen atoms in total. The number of halogens is 2. The Bertz CT molecular complexity index is 277. The minimum Gasteiger partial charge on any atom is -0.487 e. The third-order valence-corrected chi connectivity index (χ3v) is 1.46. The van der Waals surface area contributed by atoms with Gasteiger partial charge in [-0.05, 0) is 18.2 Å². The molecule has 0 aliphatic carbocycles. The van der Waals surface area contributed by atoms with Gasteiger partial charge in [0.25, 0.3) is 0 Å². The van der Waals surface area contributed by atoms with Gasteiger partial charge in [-0.1, -0.05) is 18.2 Å². The van der Waals surface area contributed by atoms with E-state index in [0.717, 1.165) is 0 Å². The van der Waals surface area contributed by atoms with Crippen molar-refractivity contribution in [2.24, 2.45) is 5.73 Å². The molecule has 78 valence electrons. The summed E-state index contributed by atoms with van der Waals surface area (Å²) in [6.45, 7) is 0.144. The molecule has 0 aliphatic rings. The largest absolute Gasteiger partial charge is 0.487 e. The first-order valence-electron chi connectivity index (χ1n) is 4.05. The van der Waals surface area contributed by atoms with E-state index in [1.807, 2.05) is 18.2 Å². The van der Waals surface area contributed by atoms with Gasteiger partial charge in [-0.2, -0.15) is 0 Å². The molecule has 2 N–H and O–H groups in total. The van der Waals surface area contributed by atoms with Crippen LogP contribution in [0.3, 0.4) is 0 Å². The van der Waals surface area contributed by atoms with Gasteiger partial charge in [0.15, 0.2) is 0 Å². The zero-order chi connectivity index (χ0) is 9.52. The highest BCUT2D eigenvalue weighted by molar-refractivity contribution is 5.85. The zero-order valence-corrected chi connectivity index (χ0v) is 8.47. The molecule has 0 radical (unpaired) electrons. The van der Waals surface area contributed by atoms with Gasteiger partial charge in [0, 0.05) is 6.54 Å². The molecule has 0 heterocycles. The summed E-state index contributed by atoms with van der Waals surface area (Å²) >= 11 is 0. The molecular weight excluding hydrogens is 205 g/mol. The van der Waals surface area contributed by atoms with Crippen LogP contribution < -0.4 is 10.5 Å². The minimum absolute atomic E-state index is 0. The molecule has 0 unspecified atom stereocenters. The van der Waals surface area contributed by atoms with Gasteiger partial charge in [-0.25, -0.2) is 4.39 Å². The summed E-state index contributed by atoms with van der Waals surface area (Å²) in [4.78, 5) is 0. The highest BCUT2D eigenvalue weighted by Crippen LogP contribution is 2.09. The maximum absolute atomic E-state index is 12.7. The average molecular weight is 218 g/mol. The van der Waals surface area contributed by atoms with Gasteiger partial charge in [0.2, 0.25) is 0 Å². The van der Waals surface area contributed by atoms with Crippen molar-refractivity contribution in [3.8, 4) is 5.75 Å². The molecule has 0 saturated carbocycles. The van der Waals surface area contributed by atoms with Crippen LogP contribution >= 0.6 is 12.4 Å². The summed E-state index contributed by atoms with van der Waals surface area (Å²) in [5.41, 5.74) is 5.13. The van der Waals surface area contributed by atoms with Crippen molar-refractivity contribution >= 4 is 12.4 Å². The Kier molecular flexibility index (Phi) is 6.80. The summed E-state index contributed by atoms with van der Waals surface area (Å²) in [6, 6.07) is 9.09. The molecule has 14 heavy (non-hydrogen) atoms. The average Bonchev–Trinajstić information content (AvgIpc) is 2.17. The molecule has 0 saturated heterocycles. The second-order valence-electron chi connectivity index (χ2n) is 2.49. The monoisotopic (exact) mass is 217 g/mol. The van der Waals surface area contributed by atoms with Crippen LogP contribution in [0.25, 0.3) is 0 Å². The molecule has 1 rings (SSSR count). The smallest absolute Gasteiger partial charge is 0.139 e. The third kappa shape index (κ3) is 4.84. The van der Waals surface area contributed by atoms with E-state index in [2.05, 4.69) is 0 Å². The Morgan fingerprint density at radius 3 is 2.57 bits per heavy atom. The molecule has 0 aromatic heterocycles. The normalized spacial score (nSPS) is 10.6. The number of benzene rings is 1. The molecular formula is C10H13ClFNO. The van der Waals surface area contributed by atoms with E-state index < -0.39 is 0 Å². The molecule has 0 aliphatic heterocycles.